The van der Waals surface area contributed by atoms with Crippen molar-refractivity contribution in [2.45, 2.75) is 6.92 Å². The van der Waals surface area contributed by atoms with E-state index in [4.69, 9.17) is 11.5 Å². The topological polar surface area (TPSA) is 69.1 Å². The predicted molar refractivity (Wildman–Crippen MR) is 51.4 cm³/mol. The van der Waals surface area contributed by atoms with Crippen LogP contribution in [0.2, 0.25) is 0 Å². The fourth-order valence-electron chi connectivity index (χ4n) is 0.955. The lowest BCUT2D eigenvalue weighted by molar-refractivity contribution is 0.100. The minimum atomic E-state index is -0.444. The minimum absolute atomic E-state index is 0. The molecule has 1 rings (SSSR count). The summed E-state index contributed by atoms with van der Waals surface area (Å²) in [6, 6.07) is 5.06. The maximum absolute atomic E-state index is 10.7. The zero-order valence-electron chi connectivity index (χ0n) is 6.70. The summed E-state index contributed by atoms with van der Waals surface area (Å²) in [5, 5.41) is 0. The van der Waals surface area contributed by atoms with Crippen LogP contribution in [0.25, 0.3) is 0 Å². The molecule has 0 spiro atoms. The number of nitrogens with two attached hydrogens (primary N) is 2. The first-order valence-corrected chi connectivity index (χ1v) is 3.26. The van der Waals surface area contributed by atoms with Gasteiger partial charge >= 0.3 is 0 Å². The van der Waals surface area contributed by atoms with E-state index in [-0.39, 0.29) is 12.4 Å². The Morgan fingerprint density at radius 3 is 2.33 bits per heavy atom. The molecule has 0 aliphatic heterocycles. The molecule has 0 aliphatic rings. The first-order chi connectivity index (χ1) is 5.09. The number of halogens is 1. The number of rotatable bonds is 1. The third kappa shape index (κ3) is 2.43. The average molecular weight is 187 g/mol. The zero-order valence-corrected chi connectivity index (χ0v) is 7.52. The summed E-state index contributed by atoms with van der Waals surface area (Å²) in [5.74, 6) is -0.444. The fourth-order valence-corrected chi connectivity index (χ4v) is 0.955. The van der Waals surface area contributed by atoms with Crippen LogP contribution < -0.4 is 11.5 Å². The first-order valence-electron chi connectivity index (χ1n) is 3.26. The minimum Gasteiger partial charge on any atom is -0.399 e. The van der Waals surface area contributed by atoms with Crippen molar-refractivity contribution >= 4 is 24.0 Å². The SMILES string of the molecule is Cc1cc(N)cc(C(N)=O)c1.Cl. The second-order valence-electron chi connectivity index (χ2n) is 2.50. The van der Waals surface area contributed by atoms with Crippen molar-refractivity contribution in [2.24, 2.45) is 5.73 Å². The Hall–Kier alpha value is -1.22. The Morgan fingerprint density at radius 2 is 1.92 bits per heavy atom. The van der Waals surface area contributed by atoms with E-state index in [1.54, 1.807) is 18.2 Å². The van der Waals surface area contributed by atoms with E-state index >= 15 is 0 Å². The second kappa shape index (κ2) is 3.97. The highest BCUT2D eigenvalue weighted by molar-refractivity contribution is 5.93. The Bertz CT molecular complexity index is 279. The van der Waals surface area contributed by atoms with Gasteiger partial charge < -0.3 is 11.5 Å². The van der Waals surface area contributed by atoms with E-state index < -0.39 is 5.91 Å². The molecule has 0 atom stereocenters. The van der Waals surface area contributed by atoms with E-state index in [1.807, 2.05) is 6.92 Å². The Morgan fingerprint density at radius 1 is 1.33 bits per heavy atom. The van der Waals surface area contributed by atoms with Crippen LogP contribution in [0.15, 0.2) is 18.2 Å². The first kappa shape index (κ1) is 10.8. The Balaban J connectivity index is 0.00000121. The van der Waals surface area contributed by atoms with Gasteiger partial charge in [0.25, 0.3) is 0 Å². The van der Waals surface area contributed by atoms with Gasteiger partial charge in [-0.3, -0.25) is 4.79 Å². The van der Waals surface area contributed by atoms with Crippen molar-refractivity contribution in [3.8, 4) is 0 Å². The van der Waals surface area contributed by atoms with Crippen molar-refractivity contribution in [3.05, 3.63) is 29.3 Å². The van der Waals surface area contributed by atoms with Crippen LogP contribution in [0.5, 0.6) is 0 Å². The van der Waals surface area contributed by atoms with Gasteiger partial charge in [-0.05, 0) is 30.7 Å². The Labute approximate surface area is 77.2 Å². The van der Waals surface area contributed by atoms with Crippen molar-refractivity contribution in [1.82, 2.24) is 0 Å². The van der Waals surface area contributed by atoms with Crippen LogP contribution in [0, 0.1) is 6.92 Å². The van der Waals surface area contributed by atoms with Gasteiger partial charge in [-0.25, -0.2) is 0 Å². The smallest absolute Gasteiger partial charge is 0.248 e. The molecule has 1 aromatic carbocycles. The van der Waals surface area contributed by atoms with E-state index in [0.717, 1.165) is 5.56 Å². The fraction of sp³-hybridized carbons (Fsp3) is 0.125. The number of nitrogen functional groups attached to an aromatic ring is 1. The summed E-state index contributed by atoms with van der Waals surface area (Å²) in [7, 11) is 0. The lowest BCUT2D eigenvalue weighted by Crippen LogP contribution is -2.11. The summed E-state index contributed by atoms with van der Waals surface area (Å²) in [6.07, 6.45) is 0. The molecule has 1 amide bonds. The largest absolute Gasteiger partial charge is 0.399 e. The number of amides is 1. The molecule has 0 fully saturated rings. The number of carbonyl (C=O) groups excluding carboxylic acids is 1. The maximum atomic E-state index is 10.7. The lowest BCUT2D eigenvalue weighted by atomic mass is 10.1. The monoisotopic (exact) mass is 186 g/mol. The summed E-state index contributed by atoms with van der Waals surface area (Å²) >= 11 is 0. The lowest BCUT2D eigenvalue weighted by Gasteiger charge is -1.99. The van der Waals surface area contributed by atoms with Gasteiger partial charge in [0.15, 0.2) is 0 Å². The van der Waals surface area contributed by atoms with Crippen LogP contribution in [-0.4, -0.2) is 5.91 Å². The molecule has 0 saturated carbocycles. The normalized spacial score (nSPS) is 8.75. The molecule has 4 heteroatoms. The van der Waals surface area contributed by atoms with Crippen LogP contribution >= 0.6 is 12.4 Å². The van der Waals surface area contributed by atoms with Gasteiger partial charge in [-0.15, -0.1) is 12.4 Å². The summed E-state index contributed by atoms with van der Waals surface area (Å²) in [6.45, 7) is 1.86. The average Bonchev–Trinajstić information content (AvgIpc) is 1.85. The predicted octanol–water partition coefficient (Wildman–Crippen LogP) is 1.10. The molecule has 0 aliphatic carbocycles. The molecule has 4 N–H and O–H groups in total. The van der Waals surface area contributed by atoms with Gasteiger partial charge in [0.1, 0.15) is 0 Å². The summed E-state index contributed by atoms with van der Waals surface area (Å²) < 4.78 is 0. The van der Waals surface area contributed by atoms with Gasteiger partial charge in [-0.2, -0.15) is 0 Å². The van der Waals surface area contributed by atoms with Crippen LogP contribution in [-0.2, 0) is 0 Å². The van der Waals surface area contributed by atoms with E-state index in [1.165, 1.54) is 0 Å². The van der Waals surface area contributed by atoms with Gasteiger partial charge in [0.2, 0.25) is 5.91 Å². The van der Waals surface area contributed by atoms with Crippen LogP contribution in [0.4, 0.5) is 5.69 Å². The van der Waals surface area contributed by atoms with Crippen molar-refractivity contribution in [1.29, 1.82) is 0 Å². The molecule has 12 heavy (non-hydrogen) atoms. The van der Waals surface area contributed by atoms with Gasteiger partial charge in [0.05, 0.1) is 0 Å². The molecule has 0 heterocycles. The van der Waals surface area contributed by atoms with E-state index in [0.29, 0.717) is 11.3 Å². The second-order valence-corrected chi connectivity index (χ2v) is 2.50. The summed E-state index contributed by atoms with van der Waals surface area (Å²) in [5.41, 5.74) is 12.5. The Kier molecular flexibility index (Phi) is 3.57. The molecule has 0 unspecified atom stereocenters. The number of hydrogen-bond acceptors (Lipinski definition) is 2. The highest BCUT2D eigenvalue weighted by Crippen LogP contribution is 2.09. The highest BCUT2D eigenvalue weighted by atomic mass is 35.5. The summed E-state index contributed by atoms with van der Waals surface area (Å²) in [4.78, 5) is 10.7. The quantitative estimate of drug-likeness (QED) is 0.645. The van der Waals surface area contributed by atoms with E-state index in [2.05, 4.69) is 0 Å². The van der Waals surface area contributed by atoms with E-state index in [9.17, 15) is 4.79 Å². The molecule has 0 bridgehead atoms. The van der Waals surface area contributed by atoms with Crippen molar-refractivity contribution in [2.75, 3.05) is 5.73 Å². The molecular weight excluding hydrogens is 176 g/mol. The number of benzene rings is 1. The van der Waals surface area contributed by atoms with Crippen molar-refractivity contribution < 1.29 is 4.79 Å². The molecule has 0 radical (unpaired) electrons. The molecule has 0 saturated heterocycles. The standard InChI is InChI=1S/C8H10N2O.ClH/c1-5-2-6(8(10)11)4-7(9)3-5;/h2-4H,9H2,1H3,(H2,10,11);1H. The van der Waals surface area contributed by atoms with Crippen molar-refractivity contribution in [3.63, 3.8) is 0 Å². The van der Waals surface area contributed by atoms with Crippen LogP contribution in [0.3, 0.4) is 0 Å². The molecule has 3 nitrogen and oxygen atoms in total. The maximum Gasteiger partial charge on any atom is 0.248 e. The van der Waals surface area contributed by atoms with Gasteiger partial charge in [-0.1, -0.05) is 0 Å². The number of carbonyl (C=O) groups is 1. The third-order valence-corrected chi connectivity index (χ3v) is 1.38. The molecular formula is C8H11ClN2O. The number of aryl methyl sites for hydroxylation is 1. The van der Waals surface area contributed by atoms with Gasteiger partial charge in [0, 0.05) is 11.3 Å². The number of anilines is 1. The number of primary amides is 1. The molecule has 1 aromatic rings. The highest BCUT2D eigenvalue weighted by Gasteiger charge is 2.00. The molecule has 66 valence electrons. The zero-order chi connectivity index (χ0) is 8.43. The third-order valence-electron chi connectivity index (χ3n) is 1.38. The number of hydrogen-bond donors (Lipinski definition) is 2. The van der Waals surface area contributed by atoms with Crippen LogP contribution in [0.1, 0.15) is 15.9 Å². The molecule has 0 aromatic heterocycles.